The van der Waals surface area contributed by atoms with Gasteiger partial charge in [0.25, 0.3) is 0 Å². The summed E-state index contributed by atoms with van der Waals surface area (Å²) in [7, 11) is 0. The molecule has 5 nitrogen and oxygen atoms in total. The van der Waals surface area contributed by atoms with Crippen molar-refractivity contribution < 1.29 is 9.21 Å². The fraction of sp³-hybridized carbons (Fsp3) is 0.556. The summed E-state index contributed by atoms with van der Waals surface area (Å²) in [6, 6.07) is -0.207. The standard InChI is InChI=1S/C9H15N3O2/c1-4-10-9(13)11-5-8-12-6(2)7(3)14-8/h4-5H2,1-3H3,(H2,10,11,13). The highest BCUT2D eigenvalue weighted by Crippen LogP contribution is 2.07. The number of amides is 2. The Balaban J connectivity index is 2.42. The lowest BCUT2D eigenvalue weighted by Crippen LogP contribution is -2.34. The van der Waals surface area contributed by atoms with Gasteiger partial charge in [-0.3, -0.25) is 0 Å². The maximum atomic E-state index is 11.0. The Morgan fingerprint density at radius 1 is 1.43 bits per heavy atom. The molecule has 1 rings (SSSR count). The van der Waals surface area contributed by atoms with Crippen molar-refractivity contribution in [1.82, 2.24) is 15.6 Å². The number of carbonyl (C=O) groups is 1. The highest BCUT2D eigenvalue weighted by molar-refractivity contribution is 5.73. The van der Waals surface area contributed by atoms with E-state index < -0.39 is 0 Å². The molecule has 1 aromatic rings. The Labute approximate surface area is 82.9 Å². The summed E-state index contributed by atoms with van der Waals surface area (Å²) >= 11 is 0. The first-order chi connectivity index (χ1) is 6.63. The SMILES string of the molecule is CCNC(=O)NCc1nc(C)c(C)o1. The van der Waals surface area contributed by atoms with Crippen LogP contribution < -0.4 is 10.6 Å². The molecule has 0 fully saturated rings. The van der Waals surface area contributed by atoms with Gasteiger partial charge in [-0.15, -0.1) is 0 Å². The van der Waals surface area contributed by atoms with Crippen LogP contribution >= 0.6 is 0 Å². The summed E-state index contributed by atoms with van der Waals surface area (Å²) in [5.74, 6) is 1.32. The molecule has 78 valence electrons. The van der Waals surface area contributed by atoms with E-state index in [9.17, 15) is 4.79 Å². The third-order valence-electron chi connectivity index (χ3n) is 1.81. The number of rotatable bonds is 3. The second kappa shape index (κ2) is 4.64. The fourth-order valence-corrected chi connectivity index (χ4v) is 0.994. The molecule has 2 amide bonds. The lowest BCUT2D eigenvalue weighted by atomic mass is 10.4. The monoisotopic (exact) mass is 197 g/mol. The van der Waals surface area contributed by atoms with E-state index in [0.717, 1.165) is 11.5 Å². The van der Waals surface area contributed by atoms with Crippen LogP contribution in [-0.4, -0.2) is 17.6 Å². The van der Waals surface area contributed by atoms with E-state index in [2.05, 4.69) is 15.6 Å². The normalized spacial score (nSPS) is 9.93. The van der Waals surface area contributed by atoms with Crippen LogP contribution in [0.3, 0.4) is 0 Å². The second-order valence-electron chi connectivity index (χ2n) is 2.96. The number of carbonyl (C=O) groups excluding carboxylic acids is 1. The van der Waals surface area contributed by atoms with Crippen LogP contribution in [0.15, 0.2) is 4.42 Å². The van der Waals surface area contributed by atoms with Gasteiger partial charge >= 0.3 is 6.03 Å². The zero-order chi connectivity index (χ0) is 10.6. The van der Waals surface area contributed by atoms with E-state index in [1.807, 2.05) is 20.8 Å². The molecule has 0 radical (unpaired) electrons. The molecule has 5 heteroatoms. The first-order valence-corrected chi connectivity index (χ1v) is 4.58. The van der Waals surface area contributed by atoms with Crippen molar-refractivity contribution in [2.75, 3.05) is 6.54 Å². The maximum absolute atomic E-state index is 11.0. The molecule has 14 heavy (non-hydrogen) atoms. The molecule has 0 aliphatic carbocycles. The topological polar surface area (TPSA) is 67.2 Å². The van der Waals surface area contributed by atoms with Crippen LogP contribution in [0.4, 0.5) is 4.79 Å². The molecule has 0 bridgehead atoms. The van der Waals surface area contributed by atoms with Crippen molar-refractivity contribution in [2.24, 2.45) is 0 Å². The molecule has 0 saturated carbocycles. The average molecular weight is 197 g/mol. The fourth-order valence-electron chi connectivity index (χ4n) is 0.994. The number of hydrogen-bond acceptors (Lipinski definition) is 3. The molecule has 0 aromatic carbocycles. The Hall–Kier alpha value is -1.52. The molecule has 0 spiro atoms. The Bertz CT molecular complexity index is 300. The molecular formula is C9H15N3O2. The van der Waals surface area contributed by atoms with Crippen LogP contribution in [0.2, 0.25) is 0 Å². The number of aryl methyl sites for hydroxylation is 2. The van der Waals surface area contributed by atoms with E-state index in [1.54, 1.807) is 0 Å². The minimum atomic E-state index is -0.207. The lowest BCUT2D eigenvalue weighted by Gasteiger charge is -2.02. The van der Waals surface area contributed by atoms with Crippen molar-refractivity contribution in [3.63, 3.8) is 0 Å². The van der Waals surface area contributed by atoms with Gasteiger partial charge in [0, 0.05) is 6.54 Å². The summed E-state index contributed by atoms with van der Waals surface area (Å²) in [6.07, 6.45) is 0. The summed E-state index contributed by atoms with van der Waals surface area (Å²) in [6.45, 7) is 6.50. The zero-order valence-electron chi connectivity index (χ0n) is 8.68. The number of oxazole rings is 1. The van der Waals surface area contributed by atoms with Gasteiger partial charge < -0.3 is 15.1 Å². The quantitative estimate of drug-likeness (QED) is 0.762. The van der Waals surface area contributed by atoms with Gasteiger partial charge in [0.2, 0.25) is 5.89 Å². The van der Waals surface area contributed by atoms with Crippen molar-refractivity contribution >= 4 is 6.03 Å². The lowest BCUT2D eigenvalue weighted by molar-refractivity contribution is 0.239. The van der Waals surface area contributed by atoms with Crippen LogP contribution in [0.25, 0.3) is 0 Å². The smallest absolute Gasteiger partial charge is 0.315 e. The Kier molecular flexibility index (Phi) is 3.50. The van der Waals surface area contributed by atoms with E-state index in [-0.39, 0.29) is 6.03 Å². The highest BCUT2D eigenvalue weighted by atomic mass is 16.4. The van der Waals surface area contributed by atoms with Gasteiger partial charge in [-0.05, 0) is 20.8 Å². The molecule has 1 heterocycles. The zero-order valence-corrected chi connectivity index (χ0v) is 8.68. The predicted molar refractivity (Wildman–Crippen MR) is 51.9 cm³/mol. The minimum absolute atomic E-state index is 0.207. The Morgan fingerprint density at radius 2 is 2.14 bits per heavy atom. The number of aromatic nitrogens is 1. The van der Waals surface area contributed by atoms with Crippen molar-refractivity contribution in [2.45, 2.75) is 27.3 Å². The average Bonchev–Trinajstić information content (AvgIpc) is 2.44. The van der Waals surface area contributed by atoms with Gasteiger partial charge in [-0.2, -0.15) is 0 Å². The first kappa shape index (κ1) is 10.6. The molecule has 0 atom stereocenters. The molecule has 2 N–H and O–H groups in total. The minimum Gasteiger partial charge on any atom is -0.444 e. The number of hydrogen-bond donors (Lipinski definition) is 2. The Morgan fingerprint density at radius 3 is 2.64 bits per heavy atom. The van der Waals surface area contributed by atoms with Crippen molar-refractivity contribution in [3.05, 3.63) is 17.3 Å². The van der Waals surface area contributed by atoms with E-state index in [0.29, 0.717) is 19.0 Å². The second-order valence-corrected chi connectivity index (χ2v) is 2.96. The summed E-state index contributed by atoms with van der Waals surface area (Å²) in [4.78, 5) is 15.1. The maximum Gasteiger partial charge on any atom is 0.315 e. The van der Waals surface area contributed by atoms with Gasteiger partial charge in [0.15, 0.2) is 0 Å². The largest absolute Gasteiger partial charge is 0.444 e. The first-order valence-electron chi connectivity index (χ1n) is 4.58. The van der Waals surface area contributed by atoms with E-state index >= 15 is 0 Å². The predicted octanol–water partition coefficient (Wildman–Crippen LogP) is 1.11. The third-order valence-corrected chi connectivity index (χ3v) is 1.81. The summed E-state index contributed by atoms with van der Waals surface area (Å²) < 4.78 is 5.29. The van der Waals surface area contributed by atoms with Gasteiger partial charge in [0.1, 0.15) is 5.76 Å². The molecule has 0 aliphatic heterocycles. The van der Waals surface area contributed by atoms with E-state index in [1.165, 1.54) is 0 Å². The molecule has 0 unspecified atom stereocenters. The number of nitrogens with one attached hydrogen (secondary N) is 2. The molecular weight excluding hydrogens is 182 g/mol. The van der Waals surface area contributed by atoms with Gasteiger partial charge in [-0.25, -0.2) is 9.78 Å². The van der Waals surface area contributed by atoms with Crippen molar-refractivity contribution in [1.29, 1.82) is 0 Å². The van der Waals surface area contributed by atoms with Crippen LogP contribution in [0.5, 0.6) is 0 Å². The highest BCUT2D eigenvalue weighted by Gasteiger charge is 2.06. The van der Waals surface area contributed by atoms with Crippen molar-refractivity contribution in [3.8, 4) is 0 Å². The van der Waals surface area contributed by atoms with Crippen LogP contribution in [-0.2, 0) is 6.54 Å². The summed E-state index contributed by atoms with van der Waals surface area (Å²) in [5.41, 5.74) is 0.859. The molecule has 1 aromatic heterocycles. The van der Waals surface area contributed by atoms with Gasteiger partial charge in [0.05, 0.1) is 12.2 Å². The number of nitrogens with zero attached hydrogens (tertiary/aromatic N) is 1. The third kappa shape index (κ3) is 2.76. The van der Waals surface area contributed by atoms with Crippen LogP contribution in [0.1, 0.15) is 24.3 Å². The summed E-state index contributed by atoms with van der Waals surface area (Å²) in [5, 5.41) is 5.25. The van der Waals surface area contributed by atoms with Gasteiger partial charge in [-0.1, -0.05) is 0 Å². The molecule has 0 aliphatic rings. The van der Waals surface area contributed by atoms with E-state index in [4.69, 9.17) is 4.42 Å². The molecule has 0 saturated heterocycles. The van der Waals surface area contributed by atoms with Crippen LogP contribution in [0, 0.1) is 13.8 Å². The number of urea groups is 1.